The van der Waals surface area contributed by atoms with Gasteiger partial charge in [-0.2, -0.15) is 5.10 Å². The summed E-state index contributed by atoms with van der Waals surface area (Å²) in [5, 5.41) is 4.66. The molecule has 0 bridgehead atoms. The molecule has 0 N–H and O–H groups in total. The lowest BCUT2D eigenvalue weighted by Gasteiger charge is -2.28. The van der Waals surface area contributed by atoms with Gasteiger partial charge in [0.15, 0.2) is 0 Å². The molecule has 0 aliphatic carbocycles. The third kappa shape index (κ3) is 4.14. The van der Waals surface area contributed by atoms with Crippen molar-refractivity contribution in [1.29, 1.82) is 0 Å². The quantitative estimate of drug-likeness (QED) is 0.837. The standard InChI is InChI=1S/C19H27N3O/c1-3-23-17-10-8-16(9-11-17)15-22-13-6-4-5-7-19(22)18-12-14-21(2)20-18/h8-12,14,19H,3-7,13,15H2,1-2H3/t19-/m0/s1. The molecule has 2 heterocycles. The monoisotopic (exact) mass is 313 g/mol. The molecule has 1 saturated heterocycles. The highest BCUT2D eigenvalue weighted by atomic mass is 16.5. The van der Waals surface area contributed by atoms with E-state index in [9.17, 15) is 0 Å². The molecular weight excluding hydrogens is 286 g/mol. The molecule has 2 aromatic rings. The zero-order chi connectivity index (χ0) is 16.1. The van der Waals surface area contributed by atoms with Crippen molar-refractivity contribution in [2.45, 2.75) is 45.2 Å². The Hall–Kier alpha value is -1.81. The van der Waals surface area contributed by atoms with Crippen molar-refractivity contribution >= 4 is 0 Å². The van der Waals surface area contributed by atoms with Crippen molar-refractivity contribution in [2.24, 2.45) is 7.05 Å². The van der Waals surface area contributed by atoms with Gasteiger partial charge in [-0.05, 0) is 50.1 Å². The average Bonchev–Trinajstić information content (AvgIpc) is 2.85. The van der Waals surface area contributed by atoms with E-state index in [2.05, 4.69) is 46.5 Å². The van der Waals surface area contributed by atoms with E-state index in [-0.39, 0.29) is 0 Å². The average molecular weight is 313 g/mol. The van der Waals surface area contributed by atoms with E-state index in [1.54, 1.807) is 0 Å². The van der Waals surface area contributed by atoms with Crippen LogP contribution >= 0.6 is 0 Å². The van der Waals surface area contributed by atoms with Crippen LogP contribution in [-0.4, -0.2) is 27.8 Å². The van der Waals surface area contributed by atoms with Gasteiger partial charge < -0.3 is 4.74 Å². The Morgan fingerprint density at radius 1 is 1.13 bits per heavy atom. The Morgan fingerprint density at radius 2 is 1.96 bits per heavy atom. The third-order valence-corrected chi connectivity index (χ3v) is 4.56. The Bertz CT molecular complexity index is 605. The second-order valence-electron chi connectivity index (χ2n) is 6.33. The first-order valence-corrected chi connectivity index (χ1v) is 8.71. The van der Waals surface area contributed by atoms with Crippen LogP contribution in [0.2, 0.25) is 0 Å². The largest absolute Gasteiger partial charge is 0.494 e. The van der Waals surface area contributed by atoms with Gasteiger partial charge in [-0.1, -0.05) is 25.0 Å². The van der Waals surface area contributed by atoms with Crippen molar-refractivity contribution in [3.8, 4) is 5.75 Å². The van der Waals surface area contributed by atoms with Gasteiger partial charge in [0.05, 0.1) is 18.3 Å². The molecule has 0 saturated carbocycles. The second-order valence-corrected chi connectivity index (χ2v) is 6.33. The van der Waals surface area contributed by atoms with Gasteiger partial charge in [-0.15, -0.1) is 0 Å². The normalized spacial score (nSPS) is 19.5. The minimum absolute atomic E-state index is 0.435. The lowest BCUT2D eigenvalue weighted by atomic mass is 10.1. The predicted molar refractivity (Wildman–Crippen MR) is 92.4 cm³/mol. The summed E-state index contributed by atoms with van der Waals surface area (Å²) < 4.78 is 7.45. The lowest BCUT2D eigenvalue weighted by molar-refractivity contribution is 0.188. The third-order valence-electron chi connectivity index (χ3n) is 4.56. The first kappa shape index (κ1) is 16.1. The van der Waals surface area contributed by atoms with Gasteiger partial charge in [-0.25, -0.2) is 0 Å². The molecule has 1 fully saturated rings. The van der Waals surface area contributed by atoms with Crippen LogP contribution in [0.3, 0.4) is 0 Å². The van der Waals surface area contributed by atoms with Crippen LogP contribution in [0.4, 0.5) is 0 Å². The molecule has 4 heteroatoms. The fourth-order valence-corrected chi connectivity index (χ4v) is 3.39. The molecular formula is C19H27N3O. The van der Waals surface area contributed by atoms with Crippen molar-refractivity contribution < 1.29 is 4.74 Å². The van der Waals surface area contributed by atoms with Gasteiger partial charge in [-0.3, -0.25) is 9.58 Å². The van der Waals surface area contributed by atoms with Crippen LogP contribution in [0, 0.1) is 0 Å². The maximum Gasteiger partial charge on any atom is 0.119 e. The first-order valence-electron chi connectivity index (χ1n) is 8.71. The van der Waals surface area contributed by atoms with Gasteiger partial charge >= 0.3 is 0 Å². The summed E-state index contributed by atoms with van der Waals surface area (Å²) in [6.07, 6.45) is 7.15. The summed E-state index contributed by atoms with van der Waals surface area (Å²) in [7, 11) is 2.00. The molecule has 0 unspecified atom stereocenters. The van der Waals surface area contributed by atoms with E-state index >= 15 is 0 Å². The highest BCUT2D eigenvalue weighted by Gasteiger charge is 2.24. The number of aromatic nitrogens is 2. The van der Waals surface area contributed by atoms with E-state index in [0.717, 1.165) is 18.8 Å². The summed E-state index contributed by atoms with van der Waals surface area (Å²) in [6, 6.07) is 11.1. The number of rotatable bonds is 5. The molecule has 124 valence electrons. The number of benzene rings is 1. The summed E-state index contributed by atoms with van der Waals surface area (Å²) in [5.41, 5.74) is 2.55. The van der Waals surface area contributed by atoms with Crippen LogP contribution in [0.15, 0.2) is 36.5 Å². The molecule has 3 rings (SSSR count). The minimum Gasteiger partial charge on any atom is -0.494 e. The Morgan fingerprint density at radius 3 is 2.65 bits per heavy atom. The van der Waals surface area contributed by atoms with Crippen LogP contribution in [0.25, 0.3) is 0 Å². The minimum atomic E-state index is 0.435. The second kappa shape index (κ2) is 7.64. The summed E-state index contributed by atoms with van der Waals surface area (Å²) in [6.45, 7) is 4.86. The van der Waals surface area contributed by atoms with Crippen molar-refractivity contribution in [2.75, 3.05) is 13.2 Å². The molecule has 1 aliphatic heterocycles. The highest BCUT2D eigenvalue weighted by Crippen LogP contribution is 2.30. The maximum atomic E-state index is 5.54. The Labute approximate surface area is 139 Å². The molecule has 0 spiro atoms. The number of ether oxygens (including phenoxy) is 1. The fraction of sp³-hybridized carbons (Fsp3) is 0.526. The number of likely N-dealkylation sites (tertiary alicyclic amines) is 1. The fourth-order valence-electron chi connectivity index (χ4n) is 3.39. The van der Waals surface area contributed by atoms with E-state index in [0.29, 0.717) is 12.6 Å². The van der Waals surface area contributed by atoms with Gasteiger partial charge in [0.2, 0.25) is 0 Å². The summed E-state index contributed by atoms with van der Waals surface area (Å²) in [5.74, 6) is 0.952. The van der Waals surface area contributed by atoms with Crippen LogP contribution in [0.1, 0.15) is 49.9 Å². The predicted octanol–water partition coefficient (Wildman–Crippen LogP) is 3.94. The van der Waals surface area contributed by atoms with E-state index < -0.39 is 0 Å². The lowest BCUT2D eigenvalue weighted by Crippen LogP contribution is -2.28. The van der Waals surface area contributed by atoms with Gasteiger partial charge in [0, 0.05) is 19.8 Å². The van der Waals surface area contributed by atoms with Crippen LogP contribution < -0.4 is 4.74 Å². The van der Waals surface area contributed by atoms with E-state index in [1.165, 1.54) is 36.9 Å². The number of hydrogen-bond donors (Lipinski definition) is 0. The smallest absolute Gasteiger partial charge is 0.119 e. The molecule has 1 atom stereocenters. The molecule has 4 nitrogen and oxygen atoms in total. The van der Waals surface area contributed by atoms with Gasteiger partial charge in [0.25, 0.3) is 0 Å². The number of hydrogen-bond acceptors (Lipinski definition) is 3. The topological polar surface area (TPSA) is 30.3 Å². The van der Waals surface area contributed by atoms with Crippen LogP contribution in [0.5, 0.6) is 5.75 Å². The Balaban J connectivity index is 1.74. The zero-order valence-corrected chi connectivity index (χ0v) is 14.2. The molecule has 1 aromatic carbocycles. The molecule has 0 amide bonds. The molecule has 23 heavy (non-hydrogen) atoms. The van der Waals surface area contributed by atoms with Crippen molar-refractivity contribution in [3.05, 3.63) is 47.8 Å². The van der Waals surface area contributed by atoms with E-state index in [4.69, 9.17) is 4.74 Å². The first-order chi connectivity index (χ1) is 11.3. The SMILES string of the molecule is CCOc1ccc(CN2CCCCC[C@H]2c2ccn(C)n2)cc1. The van der Waals surface area contributed by atoms with E-state index in [1.807, 2.05) is 18.7 Å². The summed E-state index contributed by atoms with van der Waals surface area (Å²) in [4.78, 5) is 2.59. The van der Waals surface area contributed by atoms with Gasteiger partial charge in [0.1, 0.15) is 5.75 Å². The van der Waals surface area contributed by atoms with Crippen molar-refractivity contribution in [1.82, 2.24) is 14.7 Å². The maximum absolute atomic E-state index is 5.54. The Kier molecular flexibility index (Phi) is 5.34. The summed E-state index contributed by atoms with van der Waals surface area (Å²) >= 11 is 0. The highest BCUT2D eigenvalue weighted by molar-refractivity contribution is 5.27. The molecule has 1 aliphatic rings. The number of nitrogens with zero attached hydrogens (tertiary/aromatic N) is 3. The van der Waals surface area contributed by atoms with Crippen LogP contribution in [-0.2, 0) is 13.6 Å². The molecule has 0 radical (unpaired) electrons. The number of aryl methyl sites for hydroxylation is 1. The van der Waals surface area contributed by atoms with Crippen molar-refractivity contribution in [3.63, 3.8) is 0 Å². The zero-order valence-electron chi connectivity index (χ0n) is 14.2. The molecule has 1 aromatic heterocycles.